The summed E-state index contributed by atoms with van der Waals surface area (Å²) in [5.74, 6) is -1.52. The molecule has 0 spiro atoms. The predicted octanol–water partition coefficient (Wildman–Crippen LogP) is 3.55. The summed E-state index contributed by atoms with van der Waals surface area (Å²) in [6, 6.07) is 6.03. The number of nitrogens with zero attached hydrogens (tertiary/aromatic N) is 2. The van der Waals surface area contributed by atoms with Gasteiger partial charge in [-0.1, -0.05) is 37.6 Å². The zero-order valence-electron chi connectivity index (χ0n) is 11.1. The molecule has 106 valence electrons. The van der Waals surface area contributed by atoms with E-state index in [2.05, 4.69) is 5.10 Å². The fraction of sp³-hybridized carbons (Fsp3) is 0.286. The highest BCUT2D eigenvalue weighted by atomic mass is 35.5. The molecule has 0 aliphatic carbocycles. The van der Waals surface area contributed by atoms with Crippen molar-refractivity contribution >= 4 is 17.6 Å². The molecule has 0 saturated heterocycles. The lowest BCUT2D eigenvalue weighted by atomic mass is 10.1. The Hall–Kier alpha value is -1.88. The summed E-state index contributed by atoms with van der Waals surface area (Å²) in [6.45, 7) is 3.92. The van der Waals surface area contributed by atoms with E-state index in [-0.39, 0.29) is 29.0 Å². The molecule has 0 saturated carbocycles. The van der Waals surface area contributed by atoms with Gasteiger partial charge < -0.3 is 5.11 Å². The molecule has 1 aromatic carbocycles. The molecule has 1 N–H and O–H groups in total. The zero-order valence-corrected chi connectivity index (χ0v) is 11.9. The normalized spacial score (nSPS) is 11.1. The van der Waals surface area contributed by atoms with Crippen molar-refractivity contribution in [3.63, 3.8) is 0 Å². The summed E-state index contributed by atoms with van der Waals surface area (Å²) in [5, 5.41) is 13.5. The molecule has 0 amide bonds. The van der Waals surface area contributed by atoms with Gasteiger partial charge in [-0.25, -0.2) is 13.9 Å². The lowest BCUT2D eigenvalue weighted by Crippen LogP contribution is -2.03. The number of benzene rings is 1. The van der Waals surface area contributed by atoms with Gasteiger partial charge in [-0.2, -0.15) is 5.10 Å². The molecule has 0 radical (unpaired) electrons. The Morgan fingerprint density at radius 1 is 1.50 bits per heavy atom. The zero-order chi connectivity index (χ0) is 14.9. The molecule has 1 aromatic heterocycles. The number of aromatic carboxylic acids is 1. The summed E-state index contributed by atoms with van der Waals surface area (Å²) in [4.78, 5) is 11.3. The van der Waals surface area contributed by atoms with Crippen LogP contribution in [0.3, 0.4) is 0 Å². The van der Waals surface area contributed by atoms with Crippen LogP contribution < -0.4 is 0 Å². The van der Waals surface area contributed by atoms with Crippen molar-refractivity contribution in [2.75, 3.05) is 0 Å². The van der Waals surface area contributed by atoms with Crippen molar-refractivity contribution in [2.45, 2.75) is 26.3 Å². The minimum absolute atomic E-state index is 0.0121. The predicted molar refractivity (Wildman–Crippen MR) is 73.8 cm³/mol. The first-order valence-electron chi connectivity index (χ1n) is 6.14. The Morgan fingerprint density at radius 2 is 2.20 bits per heavy atom. The molecule has 20 heavy (non-hydrogen) atoms. The van der Waals surface area contributed by atoms with Gasteiger partial charge in [-0.15, -0.1) is 0 Å². The summed E-state index contributed by atoms with van der Waals surface area (Å²) in [6.07, 6.45) is 0. The van der Waals surface area contributed by atoms with E-state index in [9.17, 15) is 14.3 Å². The fourth-order valence-electron chi connectivity index (χ4n) is 1.97. The van der Waals surface area contributed by atoms with Crippen molar-refractivity contribution in [1.82, 2.24) is 9.78 Å². The summed E-state index contributed by atoms with van der Waals surface area (Å²) >= 11 is 6.08. The monoisotopic (exact) mass is 296 g/mol. The molecule has 6 heteroatoms. The number of carbonyl (C=O) groups is 1. The quantitative estimate of drug-likeness (QED) is 0.939. The van der Waals surface area contributed by atoms with Gasteiger partial charge in [-0.3, -0.25) is 0 Å². The first-order valence-corrected chi connectivity index (χ1v) is 6.52. The summed E-state index contributed by atoms with van der Waals surface area (Å²) in [7, 11) is 0. The molecule has 2 aromatic rings. The number of carboxylic acids is 1. The minimum atomic E-state index is -1.11. The van der Waals surface area contributed by atoms with E-state index in [1.807, 2.05) is 13.8 Å². The average molecular weight is 297 g/mol. The third-order valence-corrected chi connectivity index (χ3v) is 3.28. The molecule has 0 unspecified atom stereocenters. The van der Waals surface area contributed by atoms with Gasteiger partial charge in [0.1, 0.15) is 16.5 Å². The molecule has 0 bridgehead atoms. The first-order chi connectivity index (χ1) is 9.40. The minimum Gasteiger partial charge on any atom is -0.478 e. The maximum Gasteiger partial charge on any atom is 0.340 e. The van der Waals surface area contributed by atoms with E-state index < -0.39 is 5.97 Å². The second kappa shape index (κ2) is 5.63. The van der Waals surface area contributed by atoms with E-state index in [1.54, 1.807) is 12.1 Å². The second-order valence-corrected chi connectivity index (χ2v) is 5.16. The van der Waals surface area contributed by atoms with Crippen LogP contribution in [-0.4, -0.2) is 20.9 Å². The van der Waals surface area contributed by atoms with Crippen molar-refractivity contribution in [3.8, 4) is 0 Å². The maximum atomic E-state index is 13.2. The van der Waals surface area contributed by atoms with Crippen LogP contribution in [0.2, 0.25) is 5.15 Å². The van der Waals surface area contributed by atoms with Crippen LogP contribution in [0.15, 0.2) is 24.3 Å². The Balaban J connectivity index is 2.43. The molecule has 0 aliphatic rings. The summed E-state index contributed by atoms with van der Waals surface area (Å²) < 4.78 is 14.5. The molecule has 4 nitrogen and oxygen atoms in total. The van der Waals surface area contributed by atoms with Crippen molar-refractivity contribution in [2.24, 2.45) is 0 Å². The Morgan fingerprint density at radius 3 is 2.70 bits per heavy atom. The van der Waals surface area contributed by atoms with Gasteiger partial charge in [0.05, 0.1) is 12.2 Å². The second-order valence-electron chi connectivity index (χ2n) is 4.80. The third kappa shape index (κ3) is 2.82. The molecule has 0 fully saturated rings. The van der Waals surface area contributed by atoms with Crippen LogP contribution in [0.1, 0.15) is 41.4 Å². The highest BCUT2D eigenvalue weighted by Crippen LogP contribution is 2.26. The van der Waals surface area contributed by atoms with E-state index >= 15 is 0 Å². The Kier molecular flexibility index (Phi) is 4.09. The number of aromatic nitrogens is 2. The van der Waals surface area contributed by atoms with Gasteiger partial charge in [0.2, 0.25) is 0 Å². The number of carboxylic acid groups (broad SMARTS) is 1. The largest absolute Gasteiger partial charge is 0.478 e. The van der Waals surface area contributed by atoms with Crippen LogP contribution in [0, 0.1) is 5.82 Å². The molecule has 0 aliphatic heterocycles. The van der Waals surface area contributed by atoms with E-state index in [1.165, 1.54) is 16.8 Å². The van der Waals surface area contributed by atoms with Crippen molar-refractivity contribution in [1.29, 1.82) is 0 Å². The van der Waals surface area contributed by atoms with Crippen LogP contribution in [0.25, 0.3) is 0 Å². The van der Waals surface area contributed by atoms with Gasteiger partial charge >= 0.3 is 5.97 Å². The van der Waals surface area contributed by atoms with E-state index in [0.29, 0.717) is 11.3 Å². The van der Waals surface area contributed by atoms with Crippen LogP contribution >= 0.6 is 11.6 Å². The van der Waals surface area contributed by atoms with E-state index in [4.69, 9.17) is 11.6 Å². The van der Waals surface area contributed by atoms with Gasteiger partial charge in [0, 0.05) is 0 Å². The third-order valence-electron chi connectivity index (χ3n) is 2.90. The molecule has 0 atom stereocenters. The number of rotatable bonds is 4. The van der Waals surface area contributed by atoms with Gasteiger partial charge in [0.25, 0.3) is 0 Å². The topological polar surface area (TPSA) is 55.1 Å². The van der Waals surface area contributed by atoms with Crippen LogP contribution in [0.5, 0.6) is 0 Å². The Labute approximate surface area is 120 Å². The van der Waals surface area contributed by atoms with Crippen molar-refractivity contribution in [3.05, 3.63) is 52.1 Å². The van der Waals surface area contributed by atoms with Crippen molar-refractivity contribution < 1.29 is 14.3 Å². The standard InChI is InChI=1S/C14H14ClFN2O2/c1-8(2)12-11(14(19)20)13(15)18(17-12)7-9-4-3-5-10(16)6-9/h3-6,8H,7H2,1-2H3,(H,19,20). The summed E-state index contributed by atoms with van der Waals surface area (Å²) in [5.41, 5.74) is 1.11. The highest BCUT2D eigenvalue weighted by Gasteiger charge is 2.24. The highest BCUT2D eigenvalue weighted by molar-refractivity contribution is 6.32. The lowest BCUT2D eigenvalue weighted by molar-refractivity contribution is 0.0695. The van der Waals surface area contributed by atoms with Gasteiger partial charge in [0.15, 0.2) is 0 Å². The molecule has 1 heterocycles. The molecular formula is C14H14ClFN2O2. The number of hydrogen-bond donors (Lipinski definition) is 1. The maximum absolute atomic E-state index is 13.2. The Bertz CT molecular complexity index is 653. The van der Waals surface area contributed by atoms with Gasteiger partial charge in [-0.05, 0) is 23.6 Å². The number of hydrogen-bond acceptors (Lipinski definition) is 2. The fourth-order valence-corrected chi connectivity index (χ4v) is 2.25. The SMILES string of the molecule is CC(C)c1nn(Cc2cccc(F)c2)c(Cl)c1C(=O)O. The first kappa shape index (κ1) is 14.5. The van der Waals surface area contributed by atoms with E-state index in [0.717, 1.165) is 0 Å². The molecule has 2 rings (SSSR count). The molecular weight excluding hydrogens is 283 g/mol. The van der Waals surface area contributed by atoms with Crippen LogP contribution in [0.4, 0.5) is 4.39 Å². The van der Waals surface area contributed by atoms with Crippen LogP contribution in [-0.2, 0) is 6.54 Å². The number of halogens is 2. The smallest absolute Gasteiger partial charge is 0.340 e. The average Bonchev–Trinajstić information content (AvgIpc) is 2.67. The lowest BCUT2D eigenvalue weighted by Gasteiger charge is -2.03.